The van der Waals surface area contributed by atoms with Gasteiger partial charge in [0.15, 0.2) is 0 Å². The fourth-order valence-electron chi connectivity index (χ4n) is 3.22. The van der Waals surface area contributed by atoms with Crippen molar-refractivity contribution in [3.8, 4) is 0 Å². The first-order chi connectivity index (χ1) is 13.3. The van der Waals surface area contributed by atoms with E-state index in [2.05, 4.69) is 78.9 Å². The molecule has 130 valence electrons. The van der Waals surface area contributed by atoms with Crippen molar-refractivity contribution in [2.24, 2.45) is 0 Å². The van der Waals surface area contributed by atoms with E-state index in [1.54, 1.807) is 0 Å². The van der Waals surface area contributed by atoms with E-state index in [-0.39, 0.29) is 0 Å². The molecule has 0 radical (unpaired) electrons. The summed E-state index contributed by atoms with van der Waals surface area (Å²) >= 11 is 0. The van der Waals surface area contributed by atoms with Crippen LogP contribution in [-0.2, 0) is 0 Å². The van der Waals surface area contributed by atoms with Crippen molar-refractivity contribution in [1.29, 1.82) is 5.41 Å². The number of rotatable bonds is 5. The zero-order valence-corrected chi connectivity index (χ0v) is 15.8. The second-order valence-electron chi connectivity index (χ2n) is 6.26. The molecule has 0 bridgehead atoms. The van der Waals surface area contributed by atoms with Crippen LogP contribution in [0.2, 0.25) is 0 Å². The van der Waals surface area contributed by atoms with Gasteiger partial charge >= 0.3 is 0 Å². The second kappa shape index (κ2) is 8.12. The van der Waals surface area contributed by atoms with Crippen molar-refractivity contribution in [3.63, 3.8) is 0 Å². The predicted molar refractivity (Wildman–Crippen MR) is 118 cm³/mol. The first-order valence-electron chi connectivity index (χ1n) is 8.98. The Morgan fingerprint density at radius 1 is 0.519 bits per heavy atom. The van der Waals surface area contributed by atoms with E-state index in [0.29, 0.717) is 5.71 Å². The summed E-state index contributed by atoms with van der Waals surface area (Å²) in [5.74, 6) is 0. The highest BCUT2D eigenvalue weighted by Crippen LogP contribution is 2.34. The summed E-state index contributed by atoms with van der Waals surface area (Å²) in [5.41, 5.74) is 2.52. The normalized spacial score (nSPS) is 10.7. The van der Waals surface area contributed by atoms with Crippen molar-refractivity contribution in [2.75, 3.05) is 0 Å². The molecule has 0 atom stereocenters. The van der Waals surface area contributed by atoms with Crippen LogP contribution in [0.3, 0.4) is 0 Å². The fourth-order valence-corrected chi connectivity index (χ4v) is 5.68. The van der Waals surface area contributed by atoms with Crippen molar-refractivity contribution in [2.45, 2.75) is 0 Å². The number of hydrogen-bond acceptors (Lipinski definition) is 1. The summed E-state index contributed by atoms with van der Waals surface area (Å²) in [6, 6.07) is 39.6. The Bertz CT molecular complexity index is 988. The van der Waals surface area contributed by atoms with Gasteiger partial charge in [0.05, 0.1) is 5.71 Å². The maximum Gasteiger partial charge on any atom is 0.0691 e. The molecule has 0 heterocycles. The average molecular weight is 365 g/mol. The van der Waals surface area contributed by atoms with Crippen molar-refractivity contribution >= 4 is 29.5 Å². The SMILES string of the molecule is N=C(c1ccccc1)c1ccccc1P(c1ccccc1)c1ccccc1. The Labute approximate surface area is 161 Å². The van der Waals surface area contributed by atoms with Gasteiger partial charge in [-0.15, -0.1) is 0 Å². The third kappa shape index (κ3) is 3.74. The van der Waals surface area contributed by atoms with Crippen LogP contribution in [-0.4, -0.2) is 5.71 Å². The highest BCUT2D eigenvalue weighted by molar-refractivity contribution is 7.80. The predicted octanol–water partition coefficient (Wildman–Crippen LogP) is 4.86. The molecule has 1 nitrogen and oxygen atoms in total. The smallest absolute Gasteiger partial charge is 0.0691 e. The van der Waals surface area contributed by atoms with Gasteiger partial charge in [0.25, 0.3) is 0 Å². The van der Waals surface area contributed by atoms with E-state index in [4.69, 9.17) is 5.41 Å². The monoisotopic (exact) mass is 365 g/mol. The number of hydrogen-bond donors (Lipinski definition) is 1. The Hall–Kier alpha value is -3.02. The van der Waals surface area contributed by atoms with Gasteiger partial charge < -0.3 is 0 Å². The molecule has 1 N–H and O–H groups in total. The number of nitrogens with one attached hydrogen (secondary N) is 1. The van der Waals surface area contributed by atoms with Gasteiger partial charge in [-0.25, -0.2) is 0 Å². The van der Waals surface area contributed by atoms with E-state index >= 15 is 0 Å². The van der Waals surface area contributed by atoms with Gasteiger partial charge in [-0.3, -0.25) is 5.41 Å². The van der Waals surface area contributed by atoms with Gasteiger partial charge in [-0.1, -0.05) is 115 Å². The molecule has 0 fully saturated rings. The standard InChI is InChI=1S/C25H20NP/c26-25(20-12-4-1-5-13-20)23-18-10-11-19-24(23)27(21-14-6-2-7-15-21)22-16-8-3-9-17-22/h1-19,26H. The fraction of sp³-hybridized carbons (Fsp3) is 0. The van der Waals surface area contributed by atoms with Gasteiger partial charge in [0.1, 0.15) is 0 Å². The van der Waals surface area contributed by atoms with Crippen LogP contribution in [0.25, 0.3) is 0 Å². The summed E-state index contributed by atoms with van der Waals surface area (Å²) < 4.78 is 0. The van der Waals surface area contributed by atoms with Crippen molar-refractivity contribution in [3.05, 3.63) is 126 Å². The van der Waals surface area contributed by atoms with E-state index in [1.165, 1.54) is 15.9 Å². The minimum atomic E-state index is -0.730. The van der Waals surface area contributed by atoms with E-state index in [9.17, 15) is 0 Å². The zero-order valence-electron chi connectivity index (χ0n) is 14.9. The Kier molecular flexibility index (Phi) is 5.23. The van der Waals surface area contributed by atoms with Gasteiger partial charge in [-0.05, 0) is 23.8 Å². The molecule has 0 aliphatic heterocycles. The summed E-state index contributed by atoms with van der Waals surface area (Å²) in [5, 5.41) is 12.7. The van der Waals surface area contributed by atoms with Crippen LogP contribution in [0.1, 0.15) is 11.1 Å². The molecule has 0 saturated carbocycles. The molecule has 4 rings (SSSR count). The Morgan fingerprint density at radius 2 is 0.963 bits per heavy atom. The molecule has 0 saturated heterocycles. The Balaban J connectivity index is 1.88. The Morgan fingerprint density at radius 3 is 1.52 bits per heavy atom. The minimum absolute atomic E-state index is 0.575. The molecule has 4 aromatic rings. The summed E-state index contributed by atoms with van der Waals surface area (Å²) in [6.07, 6.45) is 0. The van der Waals surface area contributed by atoms with Gasteiger partial charge in [0.2, 0.25) is 0 Å². The second-order valence-corrected chi connectivity index (χ2v) is 8.45. The van der Waals surface area contributed by atoms with Crippen molar-refractivity contribution < 1.29 is 0 Å². The zero-order chi connectivity index (χ0) is 18.5. The molecule has 4 aromatic carbocycles. The molecular formula is C25H20NP. The first-order valence-corrected chi connectivity index (χ1v) is 10.3. The van der Waals surface area contributed by atoms with Crippen LogP contribution in [0.4, 0.5) is 0 Å². The number of benzene rings is 4. The molecule has 2 heteroatoms. The van der Waals surface area contributed by atoms with Crippen LogP contribution in [0, 0.1) is 5.41 Å². The quantitative estimate of drug-likeness (QED) is 0.386. The molecule has 0 unspecified atom stereocenters. The molecule has 27 heavy (non-hydrogen) atoms. The van der Waals surface area contributed by atoms with E-state index in [1.807, 2.05) is 36.4 Å². The highest BCUT2D eigenvalue weighted by Gasteiger charge is 2.21. The van der Waals surface area contributed by atoms with Gasteiger partial charge in [-0.2, -0.15) is 0 Å². The molecule has 0 aromatic heterocycles. The van der Waals surface area contributed by atoms with Crippen molar-refractivity contribution in [1.82, 2.24) is 0 Å². The lowest BCUT2D eigenvalue weighted by molar-refractivity contribution is 1.47. The lowest BCUT2D eigenvalue weighted by Gasteiger charge is -2.22. The van der Waals surface area contributed by atoms with Crippen LogP contribution in [0.15, 0.2) is 115 Å². The molecule has 0 aliphatic carbocycles. The third-order valence-electron chi connectivity index (χ3n) is 4.51. The lowest BCUT2D eigenvalue weighted by atomic mass is 10.0. The van der Waals surface area contributed by atoms with Crippen LogP contribution in [0.5, 0.6) is 0 Å². The van der Waals surface area contributed by atoms with Crippen LogP contribution < -0.4 is 15.9 Å². The van der Waals surface area contributed by atoms with E-state index < -0.39 is 7.92 Å². The summed E-state index contributed by atoms with van der Waals surface area (Å²) in [6.45, 7) is 0. The first kappa shape index (κ1) is 17.4. The maximum absolute atomic E-state index is 8.84. The topological polar surface area (TPSA) is 23.9 Å². The van der Waals surface area contributed by atoms with Crippen LogP contribution >= 0.6 is 7.92 Å². The summed E-state index contributed by atoms with van der Waals surface area (Å²) in [4.78, 5) is 0. The third-order valence-corrected chi connectivity index (χ3v) is 7.01. The minimum Gasteiger partial charge on any atom is -0.300 e. The summed E-state index contributed by atoms with van der Waals surface area (Å²) in [7, 11) is -0.730. The van der Waals surface area contributed by atoms with Gasteiger partial charge in [0, 0.05) is 11.1 Å². The molecular weight excluding hydrogens is 345 g/mol. The molecule has 0 spiro atoms. The maximum atomic E-state index is 8.84. The lowest BCUT2D eigenvalue weighted by Crippen LogP contribution is -2.25. The molecule has 0 aliphatic rings. The van der Waals surface area contributed by atoms with E-state index in [0.717, 1.165) is 11.1 Å². The largest absolute Gasteiger partial charge is 0.300 e. The molecule has 0 amide bonds. The average Bonchev–Trinajstić information content (AvgIpc) is 2.76. The highest BCUT2D eigenvalue weighted by atomic mass is 31.1.